The lowest BCUT2D eigenvalue weighted by atomic mass is 10.2. The number of oxime groups is 1. The van der Waals surface area contributed by atoms with Gasteiger partial charge in [-0.2, -0.15) is 4.37 Å². The molecule has 19 heavy (non-hydrogen) atoms. The first kappa shape index (κ1) is 14.2. The maximum absolute atomic E-state index is 14.1. The molecule has 3 N–H and O–H groups in total. The molecule has 0 fully saturated rings. The fourth-order valence-corrected chi connectivity index (χ4v) is 3.60. The van der Waals surface area contributed by atoms with Gasteiger partial charge in [0, 0.05) is 5.56 Å². The van der Waals surface area contributed by atoms with Crippen LogP contribution < -0.4 is 5.73 Å². The molecule has 9 heteroatoms. The summed E-state index contributed by atoms with van der Waals surface area (Å²) in [7, 11) is 0. The van der Waals surface area contributed by atoms with Gasteiger partial charge in [-0.1, -0.05) is 16.9 Å². The van der Waals surface area contributed by atoms with Crippen molar-refractivity contribution in [2.24, 2.45) is 10.9 Å². The highest BCUT2D eigenvalue weighted by atomic mass is 79.9. The highest BCUT2D eigenvalue weighted by Gasteiger charge is 2.16. The van der Waals surface area contributed by atoms with Gasteiger partial charge in [-0.3, -0.25) is 0 Å². The van der Waals surface area contributed by atoms with Crippen LogP contribution in [0.15, 0.2) is 31.0 Å². The van der Waals surface area contributed by atoms with Gasteiger partial charge in [-0.05, 0) is 46.5 Å². The Kier molecular flexibility index (Phi) is 4.38. The first-order valence-electron chi connectivity index (χ1n) is 4.97. The van der Waals surface area contributed by atoms with Gasteiger partial charge in [-0.25, -0.2) is 9.37 Å². The lowest BCUT2D eigenvalue weighted by molar-refractivity contribution is 0.318. The second-order valence-electron chi connectivity index (χ2n) is 3.43. The van der Waals surface area contributed by atoms with E-state index >= 15 is 0 Å². The topological polar surface area (TPSA) is 84.4 Å². The van der Waals surface area contributed by atoms with Crippen LogP contribution in [-0.2, 0) is 0 Å². The minimum Gasteiger partial charge on any atom is -0.409 e. The van der Waals surface area contributed by atoms with Crippen molar-refractivity contribution >= 4 is 45.1 Å². The van der Waals surface area contributed by atoms with Gasteiger partial charge in [0.05, 0.1) is 9.37 Å². The van der Waals surface area contributed by atoms with Crippen LogP contribution in [0, 0.1) is 12.7 Å². The normalized spacial score (nSPS) is 11.8. The van der Waals surface area contributed by atoms with Crippen molar-refractivity contribution < 1.29 is 9.60 Å². The Morgan fingerprint density at radius 1 is 1.58 bits per heavy atom. The predicted octanol–water partition coefficient (Wildman–Crippen LogP) is 2.99. The minimum atomic E-state index is -0.484. The standard InChI is InChI=1S/C10H8BrFN4OS2/c1-4-14-10(19-16-4)18-6-3-2-5(9(13)15-17)7(11)8(6)12/h2-3,17H,1H3,(H2,13,15). The largest absolute Gasteiger partial charge is 0.409 e. The molecule has 5 nitrogen and oxygen atoms in total. The summed E-state index contributed by atoms with van der Waals surface area (Å²) >= 11 is 5.48. The predicted molar refractivity (Wildman–Crippen MR) is 75.4 cm³/mol. The minimum absolute atomic E-state index is 0.147. The second kappa shape index (κ2) is 5.85. The maximum atomic E-state index is 14.1. The molecule has 1 aromatic carbocycles. The van der Waals surface area contributed by atoms with Crippen molar-refractivity contribution in [3.05, 3.63) is 33.8 Å². The fourth-order valence-electron chi connectivity index (χ4n) is 1.28. The Balaban J connectivity index is 2.36. The number of nitrogens with two attached hydrogens (primary N) is 1. The van der Waals surface area contributed by atoms with E-state index in [-0.39, 0.29) is 15.9 Å². The van der Waals surface area contributed by atoms with Gasteiger partial charge in [0.1, 0.15) is 5.82 Å². The lowest BCUT2D eigenvalue weighted by Crippen LogP contribution is -2.14. The Labute approximate surface area is 125 Å². The number of aromatic nitrogens is 2. The molecule has 0 atom stereocenters. The summed E-state index contributed by atoms with van der Waals surface area (Å²) in [4.78, 5) is 4.54. The highest BCUT2D eigenvalue weighted by Crippen LogP contribution is 2.35. The molecule has 0 unspecified atom stereocenters. The molecule has 0 bridgehead atoms. The molecule has 0 spiro atoms. The van der Waals surface area contributed by atoms with E-state index in [0.29, 0.717) is 15.1 Å². The van der Waals surface area contributed by atoms with E-state index in [1.807, 2.05) is 0 Å². The van der Waals surface area contributed by atoms with E-state index in [0.717, 1.165) is 0 Å². The van der Waals surface area contributed by atoms with E-state index in [4.69, 9.17) is 10.9 Å². The van der Waals surface area contributed by atoms with Crippen molar-refractivity contribution in [2.45, 2.75) is 16.2 Å². The Bertz CT molecular complexity index is 646. The molecule has 2 aromatic rings. The van der Waals surface area contributed by atoms with Crippen LogP contribution in [0.25, 0.3) is 0 Å². The Morgan fingerprint density at radius 2 is 2.32 bits per heavy atom. The first-order chi connectivity index (χ1) is 9.02. The zero-order chi connectivity index (χ0) is 14.0. The van der Waals surface area contributed by atoms with Crippen molar-refractivity contribution in [1.82, 2.24) is 9.36 Å². The van der Waals surface area contributed by atoms with E-state index in [1.54, 1.807) is 19.1 Å². The van der Waals surface area contributed by atoms with Crippen molar-refractivity contribution in [3.8, 4) is 0 Å². The van der Waals surface area contributed by atoms with Crippen molar-refractivity contribution in [3.63, 3.8) is 0 Å². The fraction of sp³-hybridized carbons (Fsp3) is 0.100. The summed E-state index contributed by atoms with van der Waals surface area (Å²) in [6.45, 7) is 1.77. The van der Waals surface area contributed by atoms with E-state index in [2.05, 4.69) is 30.4 Å². The summed E-state index contributed by atoms with van der Waals surface area (Å²) in [5.74, 6) is 0.0105. The first-order valence-corrected chi connectivity index (χ1v) is 7.35. The van der Waals surface area contributed by atoms with Crippen molar-refractivity contribution in [2.75, 3.05) is 0 Å². The average Bonchev–Trinajstić information content (AvgIpc) is 2.80. The van der Waals surface area contributed by atoms with E-state index in [9.17, 15) is 4.39 Å². The molecule has 0 radical (unpaired) electrons. The lowest BCUT2D eigenvalue weighted by Gasteiger charge is -2.07. The van der Waals surface area contributed by atoms with Crippen LogP contribution in [0.4, 0.5) is 4.39 Å². The molecule has 100 valence electrons. The Morgan fingerprint density at radius 3 is 2.89 bits per heavy atom. The monoisotopic (exact) mass is 362 g/mol. The van der Waals surface area contributed by atoms with Gasteiger partial charge < -0.3 is 10.9 Å². The molecule has 0 amide bonds. The molecular formula is C10H8BrFN4OS2. The van der Waals surface area contributed by atoms with Crippen molar-refractivity contribution in [1.29, 1.82) is 0 Å². The number of hydrogen-bond donors (Lipinski definition) is 2. The third-order valence-corrected chi connectivity index (χ3v) is 4.79. The van der Waals surface area contributed by atoms with Crippen LogP contribution in [0.2, 0.25) is 0 Å². The molecule has 0 aliphatic carbocycles. The number of rotatable bonds is 3. The summed E-state index contributed by atoms with van der Waals surface area (Å²) in [6.07, 6.45) is 0. The maximum Gasteiger partial charge on any atom is 0.174 e. The summed E-state index contributed by atoms with van der Waals surface area (Å²) in [6, 6.07) is 3.12. The number of nitrogens with zero attached hydrogens (tertiary/aromatic N) is 3. The SMILES string of the molecule is Cc1nsc(Sc2ccc(/C(N)=N/O)c(Br)c2F)n1. The van der Waals surface area contributed by atoms with Gasteiger partial charge in [0.25, 0.3) is 0 Å². The van der Waals surface area contributed by atoms with E-state index in [1.165, 1.54) is 23.3 Å². The quantitative estimate of drug-likeness (QED) is 0.379. The number of benzene rings is 1. The molecule has 2 rings (SSSR count). The molecule has 0 aliphatic rings. The summed E-state index contributed by atoms with van der Waals surface area (Å²) < 4.78 is 19.0. The molecule has 0 saturated heterocycles. The average molecular weight is 363 g/mol. The number of halogens is 2. The zero-order valence-electron chi connectivity index (χ0n) is 9.59. The molecular weight excluding hydrogens is 355 g/mol. The second-order valence-corrected chi connectivity index (χ2v) is 6.27. The van der Waals surface area contributed by atoms with Crippen LogP contribution in [0.3, 0.4) is 0 Å². The highest BCUT2D eigenvalue weighted by molar-refractivity contribution is 9.10. The number of hydrogen-bond acceptors (Lipinski definition) is 6. The van der Waals surface area contributed by atoms with Gasteiger partial charge in [0.2, 0.25) is 0 Å². The number of aryl methyl sites for hydroxylation is 1. The molecule has 0 aliphatic heterocycles. The molecule has 1 heterocycles. The third-order valence-electron chi connectivity index (χ3n) is 2.14. The smallest absolute Gasteiger partial charge is 0.174 e. The van der Waals surface area contributed by atoms with Crippen LogP contribution in [0.1, 0.15) is 11.4 Å². The van der Waals surface area contributed by atoms with E-state index < -0.39 is 5.82 Å². The molecule has 0 saturated carbocycles. The van der Waals surface area contributed by atoms with Gasteiger partial charge in [0.15, 0.2) is 16.0 Å². The van der Waals surface area contributed by atoms with Gasteiger partial charge >= 0.3 is 0 Å². The third kappa shape index (κ3) is 3.04. The molecule has 1 aromatic heterocycles. The van der Waals surface area contributed by atoms with Crippen LogP contribution in [-0.4, -0.2) is 20.4 Å². The van der Waals surface area contributed by atoms with Gasteiger partial charge in [-0.15, -0.1) is 0 Å². The Hall–Kier alpha value is -1.19. The van der Waals surface area contributed by atoms with Crippen LogP contribution in [0.5, 0.6) is 0 Å². The summed E-state index contributed by atoms with van der Waals surface area (Å²) in [5, 5.41) is 11.5. The summed E-state index contributed by atoms with van der Waals surface area (Å²) in [5.41, 5.74) is 5.74. The number of amidine groups is 1. The van der Waals surface area contributed by atoms with Crippen LogP contribution >= 0.6 is 39.2 Å². The zero-order valence-corrected chi connectivity index (χ0v) is 12.8.